The van der Waals surface area contributed by atoms with E-state index in [1.165, 1.54) is 12.8 Å². The molecule has 0 spiro atoms. The first-order valence-electron chi connectivity index (χ1n) is 7.40. The van der Waals surface area contributed by atoms with Crippen molar-refractivity contribution < 1.29 is 4.79 Å². The molecule has 0 radical (unpaired) electrons. The van der Waals surface area contributed by atoms with Gasteiger partial charge in [0.25, 0.3) is 0 Å². The van der Waals surface area contributed by atoms with Crippen molar-refractivity contribution in [2.75, 3.05) is 0 Å². The predicted molar refractivity (Wildman–Crippen MR) is 74.0 cm³/mol. The second kappa shape index (κ2) is 6.02. The van der Waals surface area contributed by atoms with Gasteiger partial charge in [0.05, 0.1) is 0 Å². The van der Waals surface area contributed by atoms with E-state index in [0.29, 0.717) is 29.0 Å². The van der Waals surface area contributed by atoms with Gasteiger partial charge < -0.3 is 0 Å². The van der Waals surface area contributed by atoms with Crippen LogP contribution in [-0.2, 0) is 4.79 Å². The summed E-state index contributed by atoms with van der Waals surface area (Å²) in [5.41, 5.74) is 0.373. The fraction of sp³-hybridized carbons (Fsp3) is 0.938. The van der Waals surface area contributed by atoms with Crippen LogP contribution in [0.1, 0.15) is 73.1 Å². The molecule has 1 aliphatic rings. The first kappa shape index (κ1) is 14.7. The average molecular weight is 238 g/mol. The summed E-state index contributed by atoms with van der Waals surface area (Å²) in [4.78, 5) is 12.4. The Morgan fingerprint density at radius 1 is 1.35 bits per heavy atom. The predicted octanol–water partition coefficient (Wildman–Crippen LogP) is 4.84. The second-order valence-electron chi connectivity index (χ2n) is 6.99. The molecule has 1 aliphatic carbocycles. The Hall–Kier alpha value is -0.330. The maximum absolute atomic E-state index is 12.4. The number of carbonyl (C=O) groups excluding carboxylic acids is 1. The maximum Gasteiger partial charge on any atom is 0.136 e. The highest BCUT2D eigenvalue weighted by atomic mass is 16.1. The number of hydrogen-bond donors (Lipinski definition) is 0. The lowest BCUT2D eigenvalue weighted by atomic mass is 9.62. The monoisotopic (exact) mass is 238 g/mol. The summed E-state index contributed by atoms with van der Waals surface area (Å²) in [5, 5.41) is 0. The van der Waals surface area contributed by atoms with Crippen molar-refractivity contribution in [3.63, 3.8) is 0 Å². The van der Waals surface area contributed by atoms with Crippen molar-refractivity contribution >= 4 is 5.78 Å². The Labute approximate surface area is 107 Å². The quantitative estimate of drug-likeness (QED) is 0.669. The van der Waals surface area contributed by atoms with E-state index < -0.39 is 0 Å². The minimum absolute atomic E-state index is 0.338. The Balaban J connectivity index is 2.70. The van der Waals surface area contributed by atoms with Crippen LogP contribution in [0.15, 0.2) is 0 Å². The molecule has 0 aromatic carbocycles. The molecule has 2 unspecified atom stereocenters. The summed E-state index contributed by atoms with van der Waals surface area (Å²) in [5.74, 6) is 2.16. The van der Waals surface area contributed by atoms with Crippen LogP contribution in [0.25, 0.3) is 0 Å². The van der Waals surface area contributed by atoms with E-state index in [9.17, 15) is 4.79 Å². The highest BCUT2D eigenvalue weighted by Crippen LogP contribution is 2.45. The largest absolute Gasteiger partial charge is 0.299 e. The summed E-state index contributed by atoms with van der Waals surface area (Å²) in [6.45, 7) is 11.4. The summed E-state index contributed by atoms with van der Waals surface area (Å²) in [6, 6.07) is 0. The van der Waals surface area contributed by atoms with E-state index in [-0.39, 0.29) is 0 Å². The Bertz CT molecular complexity index is 252. The second-order valence-corrected chi connectivity index (χ2v) is 6.99. The first-order chi connectivity index (χ1) is 7.87. The van der Waals surface area contributed by atoms with Gasteiger partial charge in [0.15, 0.2) is 0 Å². The van der Waals surface area contributed by atoms with Gasteiger partial charge in [-0.3, -0.25) is 4.79 Å². The van der Waals surface area contributed by atoms with Crippen molar-refractivity contribution in [3.8, 4) is 0 Å². The van der Waals surface area contributed by atoms with Crippen LogP contribution in [0.4, 0.5) is 0 Å². The van der Waals surface area contributed by atoms with Crippen LogP contribution in [0.5, 0.6) is 0 Å². The lowest BCUT2D eigenvalue weighted by Crippen LogP contribution is -2.37. The number of rotatable bonds is 5. The standard InChI is InChI=1S/C16H30O/c1-6-7-8-15(17)14-11-16(4,5)10-9-13(14)12(2)3/h12-14H,6-11H2,1-5H3. The van der Waals surface area contributed by atoms with E-state index >= 15 is 0 Å². The molecule has 2 atom stereocenters. The molecule has 0 N–H and O–H groups in total. The number of carbonyl (C=O) groups is 1. The van der Waals surface area contributed by atoms with Crippen LogP contribution >= 0.6 is 0 Å². The smallest absolute Gasteiger partial charge is 0.136 e. The van der Waals surface area contributed by atoms with Gasteiger partial charge in [0, 0.05) is 12.3 Å². The molecule has 0 amide bonds. The molecule has 1 nitrogen and oxygen atoms in total. The summed E-state index contributed by atoms with van der Waals surface area (Å²) in [6.07, 6.45) is 6.65. The zero-order valence-corrected chi connectivity index (χ0v) is 12.4. The number of unbranched alkanes of at least 4 members (excludes halogenated alkanes) is 1. The van der Waals surface area contributed by atoms with Crippen LogP contribution in [0.3, 0.4) is 0 Å². The van der Waals surface area contributed by atoms with Crippen molar-refractivity contribution in [3.05, 3.63) is 0 Å². The lowest BCUT2D eigenvalue weighted by molar-refractivity contribution is -0.128. The molecule has 1 fully saturated rings. The van der Waals surface area contributed by atoms with E-state index in [1.54, 1.807) is 0 Å². The molecule has 17 heavy (non-hydrogen) atoms. The van der Waals surface area contributed by atoms with Crippen LogP contribution in [-0.4, -0.2) is 5.78 Å². The van der Waals surface area contributed by atoms with Gasteiger partial charge in [-0.05, 0) is 42.9 Å². The highest BCUT2D eigenvalue weighted by Gasteiger charge is 2.39. The molecule has 0 aromatic rings. The van der Waals surface area contributed by atoms with Crippen molar-refractivity contribution in [1.82, 2.24) is 0 Å². The zero-order chi connectivity index (χ0) is 13.1. The first-order valence-corrected chi connectivity index (χ1v) is 7.40. The van der Waals surface area contributed by atoms with Gasteiger partial charge in [-0.2, -0.15) is 0 Å². The minimum Gasteiger partial charge on any atom is -0.299 e. The molecule has 0 bridgehead atoms. The van der Waals surface area contributed by atoms with Gasteiger partial charge in [0.2, 0.25) is 0 Å². The van der Waals surface area contributed by atoms with E-state index in [1.807, 2.05) is 0 Å². The summed E-state index contributed by atoms with van der Waals surface area (Å²) in [7, 11) is 0. The molecular formula is C16H30O. The number of Topliss-reactive ketones (excluding diaryl/α,β-unsaturated/α-hetero) is 1. The van der Waals surface area contributed by atoms with E-state index in [0.717, 1.165) is 25.7 Å². The van der Waals surface area contributed by atoms with Gasteiger partial charge in [0.1, 0.15) is 5.78 Å². The van der Waals surface area contributed by atoms with Crippen LogP contribution in [0, 0.1) is 23.2 Å². The fourth-order valence-electron chi connectivity index (χ4n) is 3.29. The summed E-state index contributed by atoms with van der Waals surface area (Å²) >= 11 is 0. The normalized spacial score (nSPS) is 28.4. The van der Waals surface area contributed by atoms with Gasteiger partial charge in [-0.1, -0.05) is 41.0 Å². The SMILES string of the molecule is CCCCC(=O)C1CC(C)(C)CCC1C(C)C. The van der Waals surface area contributed by atoms with Crippen LogP contribution < -0.4 is 0 Å². The van der Waals surface area contributed by atoms with E-state index in [4.69, 9.17) is 0 Å². The molecular weight excluding hydrogens is 208 g/mol. The fourth-order valence-corrected chi connectivity index (χ4v) is 3.29. The van der Waals surface area contributed by atoms with E-state index in [2.05, 4.69) is 34.6 Å². The summed E-state index contributed by atoms with van der Waals surface area (Å²) < 4.78 is 0. The third kappa shape index (κ3) is 4.12. The van der Waals surface area contributed by atoms with Crippen molar-refractivity contribution in [2.24, 2.45) is 23.2 Å². The third-order valence-electron chi connectivity index (χ3n) is 4.49. The van der Waals surface area contributed by atoms with Gasteiger partial charge >= 0.3 is 0 Å². The number of ketones is 1. The van der Waals surface area contributed by atoms with Crippen molar-refractivity contribution in [2.45, 2.75) is 73.1 Å². The average Bonchev–Trinajstić information content (AvgIpc) is 2.24. The zero-order valence-electron chi connectivity index (χ0n) is 12.4. The molecule has 0 aromatic heterocycles. The topological polar surface area (TPSA) is 17.1 Å². The molecule has 0 aliphatic heterocycles. The lowest BCUT2D eigenvalue weighted by Gasteiger charge is -2.42. The minimum atomic E-state index is 0.338. The molecule has 1 heteroatoms. The maximum atomic E-state index is 12.4. The number of hydrogen-bond acceptors (Lipinski definition) is 1. The Morgan fingerprint density at radius 3 is 2.53 bits per heavy atom. The molecule has 100 valence electrons. The molecule has 1 saturated carbocycles. The molecule has 0 saturated heterocycles. The molecule has 1 rings (SSSR count). The van der Waals surface area contributed by atoms with Crippen molar-refractivity contribution in [1.29, 1.82) is 0 Å². The van der Waals surface area contributed by atoms with Gasteiger partial charge in [-0.15, -0.1) is 0 Å². The van der Waals surface area contributed by atoms with Gasteiger partial charge in [-0.25, -0.2) is 0 Å². The Morgan fingerprint density at radius 2 is 2.00 bits per heavy atom. The Kier molecular flexibility index (Phi) is 5.22. The third-order valence-corrected chi connectivity index (χ3v) is 4.49. The van der Waals surface area contributed by atoms with Crippen LogP contribution in [0.2, 0.25) is 0 Å². The molecule has 0 heterocycles. The highest BCUT2D eigenvalue weighted by molar-refractivity contribution is 5.81.